The summed E-state index contributed by atoms with van der Waals surface area (Å²) in [6, 6.07) is 9.31. The van der Waals surface area contributed by atoms with E-state index < -0.39 is 34.5 Å². The van der Waals surface area contributed by atoms with Crippen molar-refractivity contribution < 1.29 is 31.1 Å². The van der Waals surface area contributed by atoms with Gasteiger partial charge in [-0.1, -0.05) is 42.1 Å². The van der Waals surface area contributed by atoms with Crippen molar-refractivity contribution in [2.75, 3.05) is 7.05 Å². The third kappa shape index (κ3) is 4.44. The fraction of sp³-hybridized carbons (Fsp3) is 0.250. The SMILES string of the molecule is CNC1=C(c2cccc(C(F)(F)F)c2)C(=O)C(Cc2ccccc2C(F)(F)F)S1. The molecule has 1 aliphatic heterocycles. The predicted molar refractivity (Wildman–Crippen MR) is 99.0 cm³/mol. The second-order valence-electron chi connectivity index (χ2n) is 6.36. The number of carbonyl (C=O) groups is 1. The zero-order valence-electron chi connectivity index (χ0n) is 15.0. The van der Waals surface area contributed by atoms with Crippen LogP contribution in [0.3, 0.4) is 0 Å². The van der Waals surface area contributed by atoms with Crippen LogP contribution in [0.4, 0.5) is 26.3 Å². The Hall–Kier alpha value is -2.42. The number of Topliss-reactive ketones (excluding diaryl/α,β-unsaturated/α-hetero) is 1. The molecule has 0 saturated heterocycles. The number of nitrogens with one attached hydrogen (secondary N) is 1. The average molecular weight is 431 g/mol. The van der Waals surface area contributed by atoms with E-state index in [0.717, 1.165) is 30.0 Å². The van der Waals surface area contributed by atoms with Crippen LogP contribution in [0.25, 0.3) is 5.57 Å². The van der Waals surface area contributed by atoms with Gasteiger partial charge >= 0.3 is 12.4 Å². The van der Waals surface area contributed by atoms with Gasteiger partial charge in [0.15, 0.2) is 5.78 Å². The normalized spacial score (nSPS) is 17.8. The summed E-state index contributed by atoms with van der Waals surface area (Å²) < 4.78 is 78.8. The minimum absolute atomic E-state index is 0.0356. The molecule has 1 unspecified atom stereocenters. The monoisotopic (exact) mass is 431 g/mol. The van der Waals surface area contributed by atoms with Gasteiger partial charge in [-0.15, -0.1) is 0 Å². The van der Waals surface area contributed by atoms with Crippen molar-refractivity contribution in [1.29, 1.82) is 0 Å². The number of hydrogen-bond donors (Lipinski definition) is 1. The number of ketones is 1. The molecule has 2 nitrogen and oxygen atoms in total. The van der Waals surface area contributed by atoms with Crippen molar-refractivity contribution in [3.63, 3.8) is 0 Å². The molecule has 29 heavy (non-hydrogen) atoms. The van der Waals surface area contributed by atoms with Gasteiger partial charge in [-0.25, -0.2) is 0 Å². The number of hydrogen-bond acceptors (Lipinski definition) is 3. The summed E-state index contributed by atoms with van der Waals surface area (Å²) in [6.07, 6.45) is -9.32. The first kappa shape index (κ1) is 21.3. The summed E-state index contributed by atoms with van der Waals surface area (Å²) in [5, 5.41) is 2.25. The van der Waals surface area contributed by atoms with Gasteiger partial charge < -0.3 is 5.32 Å². The Morgan fingerprint density at radius 1 is 0.966 bits per heavy atom. The molecule has 1 atom stereocenters. The first-order valence-corrected chi connectivity index (χ1v) is 9.36. The highest BCUT2D eigenvalue weighted by Crippen LogP contribution is 2.42. The number of alkyl halides is 6. The summed E-state index contributed by atoms with van der Waals surface area (Å²) in [5.74, 6) is -0.504. The highest BCUT2D eigenvalue weighted by molar-refractivity contribution is 8.05. The van der Waals surface area contributed by atoms with Gasteiger partial charge in [0, 0.05) is 7.05 Å². The van der Waals surface area contributed by atoms with Crippen LogP contribution in [-0.2, 0) is 23.6 Å². The van der Waals surface area contributed by atoms with Crippen LogP contribution in [-0.4, -0.2) is 18.1 Å². The number of benzene rings is 2. The van der Waals surface area contributed by atoms with Crippen molar-refractivity contribution in [1.82, 2.24) is 5.32 Å². The summed E-state index contributed by atoms with van der Waals surface area (Å²) in [6.45, 7) is 0. The molecule has 1 N–H and O–H groups in total. The van der Waals surface area contributed by atoms with Crippen molar-refractivity contribution >= 4 is 23.1 Å². The third-order valence-electron chi connectivity index (χ3n) is 4.46. The first-order valence-electron chi connectivity index (χ1n) is 8.48. The van der Waals surface area contributed by atoms with Crippen LogP contribution >= 0.6 is 11.8 Å². The molecule has 1 aliphatic rings. The molecular weight excluding hydrogens is 416 g/mol. The summed E-state index contributed by atoms with van der Waals surface area (Å²) in [7, 11) is 1.51. The molecule has 0 fully saturated rings. The maximum Gasteiger partial charge on any atom is 0.416 e. The minimum atomic E-state index is -4.57. The lowest BCUT2D eigenvalue weighted by atomic mass is 9.95. The van der Waals surface area contributed by atoms with Gasteiger partial charge in [-0.05, 0) is 35.7 Å². The summed E-state index contributed by atoms with van der Waals surface area (Å²) in [4.78, 5) is 12.9. The Bertz CT molecular complexity index is 964. The second kappa shape index (κ2) is 7.78. The van der Waals surface area contributed by atoms with Gasteiger partial charge in [0.2, 0.25) is 0 Å². The topological polar surface area (TPSA) is 29.1 Å². The van der Waals surface area contributed by atoms with E-state index in [9.17, 15) is 31.1 Å². The molecule has 1 heterocycles. The Kier molecular flexibility index (Phi) is 5.71. The molecule has 3 rings (SSSR count). The van der Waals surface area contributed by atoms with E-state index in [1.165, 1.54) is 37.4 Å². The number of rotatable bonds is 4. The van der Waals surface area contributed by atoms with Crippen molar-refractivity contribution in [2.45, 2.75) is 24.0 Å². The largest absolute Gasteiger partial charge is 0.416 e. The predicted octanol–water partition coefficient (Wildman–Crippen LogP) is 5.54. The Balaban J connectivity index is 1.93. The van der Waals surface area contributed by atoms with Gasteiger partial charge in [-0.2, -0.15) is 26.3 Å². The molecule has 0 amide bonds. The zero-order valence-corrected chi connectivity index (χ0v) is 15.8. The van der Waals surface area contributed by atoms with Gasteiger partial charge in [0.25, 0.3) is 0 Å². The van der Waals surface area contributed by atoms with Crippen LogP contribution < -0.4 is 5.32 Å². The molecule has 0 aromatic heterocycles. The molecule has 2 aromatic carbocycles. The molecule has 2 aromatic rings. The zero-order chi connectivity index (χ0) is 21.4. The van der Waals surface area contributed by atoms with Crippen LogP contribution in [0.1, 0.15) is 22.3 Å². The standard InChI is InChI=1S/C20H15F6NOS/c1-27-18-16(12-6-4-7-13(9-12)19(21,22)23)17(28)15(29-18)10-11-5-2-3-8-14(11)20(24,25)26/h2-9,15,27H,10H2,1H3. The molecule has 0 saturated carbocycles. The second-order valence-corrected chi connectivity index (χ2v) is 7.58. The molecule has 0 bridgehead atoms. The smallest absolute Gasteiger partial charge is 0.382 e. The third-order valence-corrected chi connectivity index (χ3v) is 5.77. The lowest BCUT2D eigenvalue weighted by molar-refractivity contribution is -0.138. The fourth-order valence-corrected chi connectivity index (χ4v) is 4.37. The van der Waals surface area contributed by atoms with Crippen molar-refractivity contribution in [3.8, 4) is 0 Å². The van der Waals surface area contributed by atoms with Crippen molar-refractivity contribution in [3.05, 3.63) is 75.8 Å². The Morgan fingerprint density at radius 2 is 1.66 bits per heavy atom. The quantitative estimate of drug-likeness (QED) is 0.645. The van der Waals surface area contributed by atoms with Crippen LogP contribution in [0.5, 0.6) is 0 Å². The van der Waals surface area contributed by atoms with Crippen molar-refractivity contribution in [2.24, 2.45) is 0 Å². The number of halogens is 6. The fourth-order valence-electron chi connectivity index (χ4n) is 3.14. The van der Waals surface area contributed by atoms with E-state index in [-0.39, 0.29) is 23.1 Å². The van der Waals surface area contributed by atoms with E-state index in [4.69, 9.17) is 0 Å². The molecule has 0 spiro atoms. The lowest BCUT2D eigenvalue weighted by Crippen LogP contribution is -2.19. The summed E-state index contributed by atoms with van der Waals surface area (Å²) in [5.41, 5.74) is -1.63. The molecule has 0 aliphatic carbocycles. The van der Waals surface area contributed by atoms with Crippen LogP contribution in [0.2, 0.25) is 0 Å². The lowest BCUT2D eigenvalue weighted by Gasteiger charge is -2.15. The number of thioether (sulfide) groups is 1. The van der Waals surface area contributed by atoms with Gasteiger partial charge in [0.05, 0.1) is 27.0 Å². The van der Waals surface area contributed by atoms with E-state index in [1.807, 2.05) is 0 Å². The van der Waals surface area contributed by atoms with Gasteiger partial charge in [0.1, 0.15) is 0 Å². The Labute approximate surface area is 167 Å². The maximum atomic E-state index is 13.2. The minimum Gasteiger partial charge on any atom is -0.382 e. The molecule has 154 valence electrons. The summed E-state index contributed by atoms with van der Waals surface area (Å²) >= 11 is 1.02. The number of allylic oxidation sites excluding steroid dienone is 1. The van der Waals surface area contributed by atoms with E-state index in [0.29, 0.717) is 5.03 Å². The Morgan fingerprint density at radius 3 is 2.28 bits per heavy atom. The van der Waals surface area contributed by atoms with E-state index in [1.54, 1.807) is 0 Å². The highest BCUT2D eigenvalue weighted by Gasteiger charge is 2.39. The van der Waals surface area contributed by atoms with E-state index >= 15 is 0 Å². The maximum absolute atomic E-state index is 13.2. The molecular formula is C20H15F6NOS. The number of carbonyl (C=O) groups excluding carboxylic acids is 1. The first-order chi connectivity index (χ1) is 13.5. The van der Waals surface area contributed by atoms with Crippen LogP contribution in [0.15, 0.2) is 53.6 Å². The van der Waals surface area contributed by atoms with Crippen LogP contribution in [0, 0.1) is 0 Å². The van der Waals surface area contributed by atoms with E-state index in [2.05, 4.69) is 5.32 Å². The van der Waals surface area contributed by atoms with Gasteiger partial charge in [-0.3, -0.25) is 4.79 Å². The average Bonchev–Trinajstić information content (AvgIpc) is 2.96. The molecule has 9 heteroatoms. The highest BCUT2D eigenvalue weighted by atomic mass is 32.2. The molecule has 0 radical (unpaired) electrons.